The molecule has 0 radical (unpaired) electrons. The van der Waals surface area contributed by atoms with Crippen LogP contribution < -0.4 is 19.7 Å². The van der Waals surface area contributed by atoms with Crippen LogP contribution in [0.3, 0.4) is 0 Å². The van der Waals surface area contributed by atoms with Crippen LogP contribution in [0, 0.1) is 5.92 Å². The van der Waals surface area contributed by atoms with E-state index in [0.29, 0.717) is 24.4 Å². The number of ether oxygens (including phenoxy) is 2. The SMILES string of the molecule is COc1ccc([Si](C)(C)[C@@H]2[C@@H](CCO)O[C@]3(C(=O)N(Cc4cccc(N5C(=O)CCc6ccccc65)c4)c4ccc(Cl)cc43)[C@H]2C)cc1. The molecule has 1 N–H and O–H groups in total. The highest BCUT2D eigenvalue weighted by atomic mass is 35.5. The first-order chi connectivity index (χ1) is 23.1. The maximum atomic E-state index is 15.0. The van der Waals surface area contributed by atoms with Crippen molar-refractivity contribution in [2.75, 3.05) is 23.5 Å². The third-order valence-corrected chi connectivity index (χ3v) is 15.4. The molecule has 1 saturated heterocycles. The lowest BCUT2D eigenvalue weighted by Gasteiger charge is -2.37. The molecule has 2 amide bonds. The molecule has 9 heteroatoms. The minimum atomic E-state index is -2.29. The summed E-state index contributed by atoms with van der Waals surface area (Å²) in [6.45, 7) is 7.04. The molecule has 4 aromatic rings. The van der Waals surface area contributed by atoms with Crippen molar-refractivity contribution in [2.45, 2.75) is 63.1 Å². The molecular weight excluding hydrogens is 640 g/mol. The zero-order valence-corrected chi connectivity index (χ0v) is 29.5. The van der Waals surface area contributed by atoms with E-state index in [0.717, 1.165) is 45.9 Å². The zero-order chi connectivity index (χ0) is 33.8. The van der Waals surface area contributed by atoms with Crippen molar-refractivity contribution in [3.63, 3.8) is 0 Å². The Morgan fingerprint density at radius 1 is 0.958 bits per heavy atom. The number of nitrogens with zero attached hydrogens (tertiary/aromatic N) is 2. The summed E-state index contributed by atoms with van der Waals surface area (Å²) in [5.41, 5.74) is 4.05. The topological polar surface area (TPSA) is 79.3 Å². The number of anilines is 3. The van der Waals surface area contributed by atoms with E-state index >= 15 is 0 Å². The number of rotatable bonds is 8. The quantitative estimate of drug-likeness (QED) is 0.201. The normalized spacial score (nSPS) is 23.5. The lowest BCUT2D eigenvalue weighted by atomic mass is 9.82. The van der Waals surface area contributed by atoms with Crippen molar-refractivity contribution in [3.05, 3.63) is 113 Å². The summed E-state index contributed by atoms with van der Waals surface area (Å²) in [5, 5.41) is 12.0. The first-order valence-corrected chi connectivity index (χ1v) is 20.1. The summed E-state index contributed by atoms with van der Waals surface area (Å²) in [6.07, 6.45) is 1.28. The van der Waals surface area contributed by atoms with Crippen LogP contribution in [0.2, 0.25) is 23.7 Å². The molecule has 3 heterocycles. The number of halogens is 1. The van der Waals surface area contributed by atoms with Crippen LogP contribution in [0.15, 0.2) is 91.0 Å². The van der Waals surface area contributed by atoms with E-state index in [2.05, 4.69) is 38.2 Å². The van der Waals surface area contributed by atoms with E-state index in [4.69, 9.17) is 21.1 Å². The Balaban J connectivity index is 1.26. The number of hydrogen-bond donors (Lipinski definition) is 1. The molecule has 0 saturated carbocycles. The molecule has 3 aliphatic heterocycles. The smallest absolute Gasteiger partial charge is 0.264 e. The predicted molar refractivity (Wildman–Crippen MR) is 192 cm³/mol. The number of hydrogen-bond acceptors (Lipinski definition) is 5. The fourth-order valence-corrected chi connectivity index (χ4v) is 12.8. The van der Waals surface area contributed by atoms with E-state index in [-0.39, 0.29) is 36.0 Å². The molecule has 1 spiro atoms. The standard InChI is InChI=1S/C39H41ClN2O5Si/c1-25-37(48(3,4)31-16-14-30(46-2)15-17-31)35(20-21-43)47-39(25)32-23-28(40)13-18-34(32)41(38(39)45)24-26-8-7-10-29(22-26)42-33-11-6-5-9-27(33)12-19-36(42)44/h5-11,13-18,22-23,25,35,37,43H,12,19-21,24H2,1-4H3/t25-,35+,37-,39+/m0/s1. The summed E-state index contributed by atoms with van der Waals surface area (Å²) >= 11 is 6.63. The van der Waals surface area contributed by atoms with Crippen molar-refractivity contribution in [1.82, 2.24) is 0 Å². The predicted octanol–water partition coefficient (Wildman–Crippen LogP) is 7.10. The zero-order valence-electron chi connectivity index (χ0n) is 27.8. The lowest BCUT2D eigenvalue weighted by molar-refractivity contribution is -0.146. The first-order valence-electron chi connectivity index (χ1n) is 16.6. The van der Waals surface area contributed by atoms with Gasteiger partial charge in [0.05, 0.1) is 39.2 Å². The molecule has 0 aromatic heterocycles. The number of amides is 2. The van der Waals surface area contributed by atoms with Gasteiger partial charge in [-0.25, -0.2) is 0 Å². The van der Waals surface area contributed by atoms with E-state index in [1.165, 1.54) is 5.19 Å². The van der Waals surface area contributed by atoms with Crippen LogP contribution in [0.25, 0.3) is 0 Å². The molecule has 7 nitrogen and oxygen atoms in total. The minimum Gasteiger partial charge on any atom is -0.497 e. The van der Waals surface area contributed by atoms with Gasteiger partial charge in [0.2, 0.25) is 5.91 Å². The Bertz CT molecular complexity index is 1880. The maximum absolute atomic E-state index is 15.0. The summed E-state index contributed by atoms with van der Waals surface area (Å²) in [6, 6.07) is 29.8. The van der Waals surface area contributed by atoms with Gasteiger partial charge >= 0.3 is 0 Å². The molecule has 248 valence electrons. The van der Waals surface area contributed by atoms with Crippen LogP contribution in [0.5, 0.6) is 5.75 Å². The van der Waals surface area contributed by atoms with Gasteiger partial charge in [-0.05, 0) is 78.0 Å². The Morgan fingerprint density at radius 3 is 2.48 bits per heavy atom. The van der Waals surface area contributed by atoms with Gasteiger partial charge in [0.25, 0.3) is 5.91 Å². The molecule has 3 aliphatic rings. The van der Waals surface area contributed by atoms with Crippen molar-refractivity contribution >= 4 is 53.7 Å². The second-order valence-electron chi connectivity index (χ2n) is 13.7. The highest BCUT2D eigenvalue weighted by Crippen LogP contribution is 2.60. The minimum absolute atomic E-state index is 0.0299. The number of carbonyl (C=O) groups excluding carboxylic acids is 2. The summed E-state index contributed by atoms with van der Waals surface area (Å²) in [7, 11) is -0.634. The van der Waals surface area contributed by atoms with Crippen LogP contribution in [-0.4, -0.2) is 44.8 Å². The number of para-hydroxylation sites is 1. The Kier molecular flexibility index (Phi) is 8.48. The van der Waals surface area contributed by atoms with Gasteiger partial charge in [-0.3, -0.25) is 14.5 Å². The number of carbonyl (C=O) groups is 2. The first kappa shape index (κ1) is 32.6. The van der Waals surface area contributed by atoms with Gasteiger partial charge in [0.15, 0.2) is 5.60 Å². The summed E-state index contributed by atoms with van der Waals surface area (Å²) in [4.78, 5) is 31.8. The highest BCUT2D eigenvalue weighted by molar-refractivity contribution is 6.91. The van der Waals surface area contributed by atoms with E-state index in [1.807, 2.05) is 77.7 Å². The third-order valence-electron chi connectivity index (χ3n) is 10.8. The van der Waals surface area contributed by atoms with Gasteiger partial charge in [-0.15, -0.1) is 0 Å². The molecule has 0 unspecified atom stereocenters. The average Bonchev–Trinajstić information content (AvgIpc) is 3.51. The third kappa shape index (κ3) is 5.17. The monoisotopic (exact) mass is 680 g/mol. The summed E-state index contributed by atoms with van der Waals surface area (Å²) < 4.78 is 12.4. The number of aliphatic hydroxyl groups is 1. The largest absolute Gasteiger partial charge is 0.497 e. The van der Waals surface area contributed by atoms with Gasteiger partial charge in [-0.1, -0.05) is 79.3 Å². The molecular formula is C39H41ClN2O5Si. The number of aliphatic hydroxyl groups excluding tert-OH is 1. The van der Waals surface area contributed by atoms with Crippen molar-refractivity contribution in [1.29, 1.82) is 0 Å². The number of methoxy groups -OCH3 is 1. The Hall–Kier alpha value is -3.95. The second-order valence-corrected chi connectivity index (χ2v) is 18.9. The second kappa shape index (κ2) is 12.5. The fourth-order valence-electron chi connectivity index (χ4n) is 8.53. The van der Waals surface area contributed by atoms with Crippen molar-refractivity contribution in [2.24, 2.45) is 5.92 Å². The highest BCUT2D eigenvalue weighted by Gasteiger charge is 2.66. The van der Waals surface area contributed by atoms with E-state index < -0.39 is 13.7 Å². The van der Waals surface area contributed by atoms with Gasteiger partial charge in [-0.2, -0.15) is 0 Å². The number of benzene rings is 4. The van der Waals surface area contributed by atoms with Gasteiger partial charge in [0.1, 0.15) is 5.75 Å². The molecule has 0 aliphatic carbocycles. The van der Waals surface area contributed by atoms with Crippen molar-refractivity contribution in [3.8, 4) is 5.75 Å². The summed E-state index contributed by atoms with van der Waals surface area (Å²) in [5.74, 6) is 0.536. The molecule has 4 atom stereocenters. The molecule has 0 bridgehead atoms. The van der Waals surface area contributed by atoms with Crippen LogP contribution in [0.1, 0.15) is 36.5 Å². The maximum Gasteiger partial charge on any atom is 0.264 e. The Labute approximate surface area is 288 Å². The fraction of sp³-hybridized carbons (Fsp3) is 0.333. The molecule has 4 aromatic carbocycles. The number of fused-ring (bicyclic) bond motifs is 3. The van der Waals surface area contributed by atoms with Crippen LogP contribution in [0.4, 0.5) is 17.1 Å². The molecule has 1 fully saturated rings. The molecule has 48 heavy (non-hydrogen) atoms. The Morgan fingerprint density at radius 2 is 1.73 bits per heavy atom. The van der Waals surface area contributed by atoms with E-state index in [1.54, 1.807) is 12.0 Å². The van der Waals surface area contributed by atoms with E-state index in [9.17, 15) is 14.7 Å². The van der Waals surface area contributed by atoms with Gasteiger partial charge < -0.3 is 19.5 Å². The van der Waals surface area contributed by atoms with Gasteiger partial charge in [0, 0.05) is 35.2 Å². The van der Waals surface area contributed by atoms with Crippen LogP contribution in [-0.2, 0) is 32.9 Å². The molecule has 7 rings (SSSR count). The number of aryl methyl sites for hydroxylation is 1. The van der Waals surface area contributed by atoms with Crippen LogP contribution >= 0.6 is 11.6 Å². The average molecular weight is 681 g/mol. The lowest BCUT2D eigenvalue weighted by Crippen LogP contribution is -2.51. The van der Waals surface area contributed by atoms with Crippen molar-refractivity contribution < 1.29 is 24.2 Å².